The second kappa shape index (κ2) is 20.9. The summed E-state index contributed by atoms with van der Waals surface area (Å²) in [6.45, 7) is 8.65. The molecule has 0 heterocycles. The van der Waals surface area contributed by atoms with E-state index in [4.69, 9.17) is 4.74 Å². The molecule has 3 heteroatoms. The number of ether oxygens (including phenoxy) is 1. The lowest BCUT2D eigenvalue weighted by Crippen LogP contribution is -2.19. The van der Waals surface area contributed by atoms with Crippen LogP contribution in [0.5, 0.6) is 0 Å². The molecule has 166 valence electrons. The van der Waals surface area contributed by atoms with Crippen LogP contribution in [-0.2, 0) is 9.53 Å². The third-order valence-corrected chi connectivity index (χ3v) is 5.48. The van der Waals surface area contributed by atoms with E-state index in [1.165, 1.54) is 83.5 Å². The minimum Gasteiger partial charge on any atom is -0.462 e. The number of unbranched alkanes of at least 4 members (excludes halogenated alkanes) is 15. The zero-order chi connectivity index (χ0) is 20.9. The number of hydrogen-bond acceptors (Lipinski definition) is 3. The van der Waals surface area contributed by atoms with Crippen molar-refractivity contribution in [2.24, 2.45) is 0 Å². The van der Waals surface area contributed by atoms with Crippen molar-refractivity contribution in [1.29, 1.82) is 0 Å². The standard InChI is InChI=1S/C25H48O3/c1-4-6-8-10-12-13-14-16-18-20-22-28-25(27)23(3)24(26)21-19-17-15-11-9-7-5-2/h24,26H,3-22H2,1-2H3. The molecule has 0 aromatic carbocycles. The van der Waals surface area contributed by atoms with Crippen molar-refractivity contribution in [1.82, 2.24) is 0 Å². The van der Waals surface area contributed by atoms with Crippen LogP contribution in [0, 0.1) is 0 Å². The second-order valence-electron chi connectivity index (χ2n) is 8.27. The molecule has 28 heavy (non-hydrogen) atoms. The van der Waals surface area contributed by atoms with E-state index in [9.17, 15) is 9.90 Å². The number of hydrogen-bond donors (Lipinski definition) is 1. The van der Waals surface area contributed by atoms with Gasteiger partial charge in [-0.1, -0.05) is 123 Å². The average molecular weight is 397 g/mol. The van der Waals surface area contributed by atoms with E-state index in [1.54, 1.807) is 0 Å². The smallest absolute Gasteiger partial charge is 0.336 e. The van der Waals surface area contributed by atoms with Gasteiger partial charge in [-0.2, -0.15) is 0 Å². The molecule has 0 fully saturated rings. The van der Waals surface area contributed by atoms with Crippen molar-refractivity contribution in [3.63, 3.8) is 0 Å². The van der Waals surface area contributed by atoms with Crippen molar-refractivity contribution in [2.45, 2.75) is 136 Å². The van der Waals surface area contributed by atoms with Crippen molar-refractivity contribution in [2.75, 3.05) is 6.61 Å². The first-order chi connectivity index (χ1) is 13.6. The van der Waals surface area contributed by atoms with Gasteiger partial charge in [0.1, 0.15) is 0 Å². The van der Waals surface area contributed by atoms with Crippen molar-refractivity contribution in [3.05, 3.63) is 12.2 Å². The van der Waals surface area contributed by atoms with Crippen LogP contribution in [0.15, 0.2) is 12.2 Å². The monoisotopic (exact) mass is 396 g/mol. The maximum Gasteiger partial charge on any atom is 0.336 e. The lowest BCUT2D eigenvalue weighted by molar-refractivity contribution is -0.140. The SMILES string of the molecule is C=C(C(=O)OCCCCCCCCCCCC)C(O)CCCCCCCCC. The minimum absolute atomic E-state index is 0.220. The number of aliphatic hydroxyl groups excluding tert-OH is 1. The first kappa shape index (κ1) is 27.2. The molecule has 0 spiro atoms. The lowest BCUT2D eigenvalue weighted by atomic mass is 10.0. The van der Waals surface area contributed by atoms with Gasteiger partial charge in [0, 0.05) is 0 Å². The largest absolute Gasteiger partial charge is 0.462 e. The summed E-state index contributed by atoms with van der Waals surface area (Å²) in [5.41, 5.74) is 0.220. The van der Waals surface area contributed by atoms with Crippen molar-refractivity contribution in [3.8, 4) is 0 Å². The molecule has 0 aromatic rings. The van der Waals surface area contributed by atoms with Crippen LogP contribution in [0.4, 0.5) is 0 Å². The molecule has 0 radical (unpaired) electrons. The molecular formula is C25H48O3. The molecule has 3 nitrogen and oxygen atoms in total. The molecule has 0 saturated heterocycles. The van der Waals surface area contributed by atoms with E-state index in [0.29, 0.717) is 13.0 Å². The highest BCUT2D eigenvalue weighted by molar-refractivity contribution is 5.88. The van der Waals surface area contributed by atoms with Gasteiger partial charge in [-0.15, -0.1) is 0 Å². The summed E-state index contributed by atoms with van der Waals surface area (Å²) in [5.74, 6) is -0.425. The predicted molar refractivity (Wildman–Crippen MR) is 121 cm³/mol. The third kappa shape index (κ3) is 17.3. The van der Waals surface area contributed by atoms with Gasteiger partial charge < -0.3 is 9.84 Å². The minimum atomic E-state index is -0.754. The second-order valence-corrected chi connectivity index (χ2v) is 8.27. The first-order valence-corrected chi connectivity index (χ1v) is 12.2. The molecule has 0 saturated carbocycles. The Balaban J connectivity index is 3.50. The number of rotatable bonds is 21. The summed E-state index contributed by atoms with van der Waals surface area (Å²) in [4.78, 5) is 12.0. The Morgan fingerprint density at radius 1 is 0.714 bits per heavy atom. The molecule has 0 amide bonds. The molecule has 1 atom stereocenters. The summed E-state index contributed by atoms with van der Waals surface area (Å²) in [6.07, 6.45) is 20.9. The molecule has 0 aliphatic heterocycles. The summed E-state index contributed by atoms with van der Waals surface area (Å²) in [5, 5.41) is 10.1. The van der Waals surface area contributed by atoms with Crippen LogP contribution in [0.2, 0.25) is 0 Å². The Morgan fingerprint density at radius 2 is 1.11 bits per heavy atom. The summed E-state index contributed by atoms with van der Waals surface area (Å²) >= 11 is 0. The molecule has 0 bridgehead atoms. The molecular weight excluding hydrogens is 348 g/mol. The fraction of sp³-hybridized carbons (Fsp3) is 0.880. The van der Waals surface area contributed by atoms with Gasteiger partial charge in [0.25, 0.3) is 0 Å². The number of aliphatic hydroxyl groups is 1. The molecule has 0 rings (SSSR count). The summed E-state index contributed by atoms with van der Waals surface area (Å²) < 4.78 is 5.27. The van der Waals surface area contributed by atoms with Crippen LogP contribution in [0.1, 0.15) is 129 Å². The van der Waals surface area contributed by atoms with E-state index in [2.05, 4.69) is 20.4 Å². The molecule has 0 aliphatic rings. The van der Waals surface area contributed by atoms with Gasteiger partial charge in [-0.25, -0.2) is 4.79 Å². The summed E-state index contributed by atoms with van der Waals surface area (Å²) in [6, 6.07) is 0. The van der Waals surface area contributed by atoms with Gasteiger partial charge in [-0.3, -0.25) is 0 Å². The number of carbonyl (C=O) groups excluding carboxylic acids is 1. The van der Waals surface area contributed by atoms with Gasteiger partial charge in [0.05, 0.1) is 18.3 Å². The fourth-order valence-electron chi connectivity index (χ4n) is 3.45. The topological polar surface area (TPSA) is 46.5 Å². The Labute approximate surface area is 175 Å². The van der Waals surface area contributed by atoms with E-state index < -0.39 is 12.1 Å². The lowest BCUT2D eigenvalue weighted by Gasteiger charge is -2.13. The van der Waals surface area contributed by atoms with Gasteiger partial charge >= 0.3 is 5.97 Å². The maximum absolute atomic E-state index is 12.0. The average Bonchev–Trinajstić information content (AvgIpc) is 2.70. The zero-order valence-electron chi connectivity index (χ0n) is 19.0. The molecule has 0 aromatic heterocycles. The van der Waals surface area contributed by atoms with Crippen molar-refractivity contribution < 1.29 is 14.6 Å². The molecule has 1 unspecified atom stereocenters. The van der Waals surface area contributed by atoms with Crippen molar-refractivity contribution >= 4 is 5.97 Å². The van der Waals surface area contributed by atoms with Crippen LogP contribution in [-0.4, -0.2) is 23.8 Å². The molecule has 1 N–H and O–H groups in total. The number of carbonyl (C=O) groups is 1. The quantitative estimate of drug-likeness (QED) is 0.124. The zero-order valence-corrected chi connectivity index (χ0v) is 19.0. The Hall–Kier alpha value is -0.830. The van der Waals surface area contributed by atoms with Gasteiger partial charge in [-0.05, 0) is 12.8 Å². The van der Waals surface area contributed by atoms with Gasteiger partial charge in [0.2, 0.25) is 0 Å². The Morgan fingerprint density at radius 3 is 1.57 bits per heavy atom. The van der Waals surface area contributed by atoms with Gasteiger partial charge in [0.15, 0.2) is 0 Å². The summed E-state index contributed by atoms with van der Waals surface area (Å²) in [7, 11) is 0. The van der Waals surface area contributed by atoms with Crippen LogP contribution in [0.3, 0.4) is 0 Å². The fourth-order valence-corrected chi connectivity index (χ4v) is 3.45. The highest BCUT2D eigenvalue weighted by Gasteiger charge is 2.17. The van der Waals surface area contributed by atoms with E-state index >= 15 is 0 Å². The molecule has 0 aliphatic carbocycles. The van der Waals surface area contributed by atoms with Crippen LogP contribution < -0.4 is 0 Å². The highest BCUT2D eigenvalue weighted by Crippen LogP contribution is 2.14. The van der Waals surface area contributed by atoms with E-state index in [-0.39, 0.29) is 5.57 Å². The third-order valence-electron chi connectivity index (χ3n) is 5.48. The van der Waals surface area contributed by atoms with E-state index in [0.717, 1.165) is 25.7 Å². The van der Waals surface area contributed by atoms with Crippen LogP contribution >= 0.6 is 0 Å². The Bertz CT molecular complexity index is 365. The Kier molecular flexibility index (Phi) is 20.3. The predicted octanol–water partition coefficient (Wildman–Crippen LogP) is 7.51. The maximum atomic E-state index is 12.0. The number of esters is 1. The highest BCUT2D eigenvalue weighted by atomic mass is 16.5. The van der Waals surface area contributed by atoms with Crippen LogP contribution in [0.25, 0.3) is 0 Å². The first-order valence-electron chi connectivity index (χ1n) is 12.2. The van der Waals surface area contributed by atoms with E-state index in [1.807, 2.05) is 0 Å². The normalized spacial score (nSPS) is 12.1.